The zero-order valence-corrected chi connectivity index (χ0v) is 10.5. The molecule has 3 heterocycles. The van der Waals surface area contributed by atoms with Gasteiger partial charge in [-0.3, -0.25) is 4.90 Å². The smallest absolute Gasteiger partial charge is 0.332 e. The molecule has 1 aliphatic carbocycles. The van der Waals surface area contributed by atoms with Gasteiger partial charge in [0.1, 0.15) is 0 Å². The Hall–Kier alpha value is -1.13. The van der Waals surface area contributed by atoms with Crippen LogP contribution in [-0.2, 0) is 14.3 Å². The fourth-order valence-electron chi connectivity index (χ4n) is 4.10. The van der Waals surface area contributed by atoms with Crippen LogP contribution in [0.15, 0.2) is 23.8 Å². The number of fused-ring (bicyclic) bond motifs is 3. The van der Waals surface area contributed by atoms with Gasteiger partial charge in [-0.1, -0.05) is 12.2 Å². The van der Waals surface area contributed by atoms with Gasteiger partial charge >= 0.3 is 5.97 Å². The summed E-state index contributed by atoms with van der Waals surface area (Å²) >= 11 is 0. The highest BCUT2D eigenvalue weighted by Gasteiger charge is 2.60. The Bertz CT molecular complexity index is 470. The number of rotatable bonds is 1. The van der Waals surface area contributed by atoms with E-state index in [9.17, 15) is 4.79 Å². The molecule has 2 bridgehead atoms. The molecule has 2 fully saturated rings. The van der Waals surface area contributed by atoms with Gasteiger partial charge in [0.05, 0.1) is 12.1 Å². The number of hydrogen-bond donors (Lipinski definition) is 0. The van der Waals surface area contributed by atoms with E-state index in [2.05, 4.69) is 17.1 Å². The van der Waals surface area contributed by atoms with Gasteiger partial charge in [0, 0.05) is 37.8 Å². The minimum Gasteiger partial charge on any atom is -0.449 e. The number of methoxy groups -OCH3 is 1. The maximum atomic E-state index is 11.6. The van der Waals surface area contributed by atoms with E-state index < -0.39 is 0 Å². The fraction of sp³-hybridized carbons (Fsp3) is 0.643. The van der Waals surface area contributed by atoms with E-state index in [0.29, 0.717) is 12.1 Å². The van der Waals surface area contributed by atoms with Gasteiger partial charge in [0.25, 0.3) is 0 Å². The first-order valence-electron chi connectivity index (χ1n) is 6.65. The molecule has 18 heavy (non-hydrogen) atoms. The first-order chi connectivity index (χ1) is 8.73. The molecule has 4 rings (SSSR count). The van der Waals surface area contributed by atoms with Crippen LogP contribution in [0.1, 0.15) is 19.3 Å². The highest BCUT2D eigenvalue weighted by Crippen LogP contribution is 2.51. The quantitative estimate of drug-likeness (QED) is 0.649. The van der Waals surface area contributed by atoms with Crippen molar-refractivity contribution in [3.8, 4) is 0 Å². The zero-order valence-electron chi connectivity index (χ0n) is 10.5. The molecular formula is C14H17NO3. The molecule has 0 unspecified atom stereocenters. The molecule has 4 nitrogen and oxygen atoms in total. The van der Waals surface area contributed by atoms with Crippen molar-refractivity contribution in [3.63, 3.8) is 0 Å². The normalized spacial score (nSPS) is 45.5. The summed E-state index contributed by atoms with van der Waals surface area (Å²) in [5.74, 6) is -0.184. The number of carbonyl (C=O) groups is 1. The van der Waals surface area contributed by atoms with Gasteiger partial charge in [-0.2, -0.15) is 0 Å². The van der Waals surface area contributed by atoms with E-state index in [1.807, 2.05) is 0 Å². The molecule has 0 aromatic carbocycles. The maximum absolute atomic E-state index is 11.6. The van der Waals surface area contributed by atoms with E-state index in [1.54, 1.807) is 13.2 Å². The molecule has 0 radical (unpaired) electrons. The number of nitrogens with zero attached hydrogens (tertiary/aromatic N) is 1. The fourth-order valence-corrected chi connectivity index (χ4v) is 4.10. The van der Waals surface area contributed by atoms with E-state index in [-0.39, 0.29) is 17.6 Å². The van der Waals surface area contributed by atoms with Crippen LogP contribution >= 0.6 is 0 Å². The Kier molecular flexibility index (Phi) is 2.07. The predicted octanol–water partition coefficient (Wildman–Crippen LogP) is 1.03. The van der Waals surface area contributed by atoms with E-state index in [1.165, 1.54) is 0 Å². The largest absolute Gasteiger partial charge is 0.449 e. The summed E-state index contributed by atoms with van der Waals surface area (Å²) in [4.78, 5) is 14.1. The van der Waals surface area contributed by atoms with Gasteiger partial charge in [-0.15, -0.1) is 0 Å². The molecule has 2 saturated heterocycles. The minimum atomic E-state index is -0.381. The van der Waals surface area contributed by atoms with Crippen molar-refractivity contribution in [2.75, 3.05) is 13.7 Å². The number of carbonyl (C=O) groups excluding carboxylic acids is 1. The summed E-state index contributed by atoms with van der Waals surface area (Å²) in [5, 5.41) is 0. The Morgan fingerprint density at radius 3 is 3.28 bits per heavy atom. The third-order valence-electron chi connectivity index (χ3n) is 4.95. The molecular weight excluding hydrogens is 230 g/mol. The monoisotopic (exact) mass is 247 g/mol. The van der Waals surface area contributed by atoms with Crippen LogP contribution in [0.25, 0.3) is 0 Å². The number of ether oxygens (including phenoxy) is 2. The molecule has 3 aliphatic heterocycles. The standard InChI is InChI=1S/C14H17NO3/c1-17-11-4-5-15-10-3-2-9-6-13(16)18-14(9,8-10)12(15)7-11/h2-3,6,10-12H,4-5,7-8H2,1H3/t10-,11+,12+,14+/m1/s1. The highest BCUT2D eigenvalue weighted by molar-refractivity contribution is 5.88. The summed E-state index contributed by atoms with van der Waals surface area (Å²) in [6.07, 6.45) is 9.20. The van der Waals surface area contributed by atoms with Crippen LogP contribution < -0.4 is 0 Å². The summed E-state index contributed by atoms with van der Waals surface area (Å²) in [6, 6.07) is 0.713. The molecule has 1 spiro atoms. The van der Waals surface area contributed by atoms with Crippen LogP contribution in [0.4, 0.5) is 0 Å². The van der Waals surface area contributed by atoms with Crippen molar-refractivity contribution in [3.05, 3.63) is 23.8 Å². The van der Waals surface area contributed by atoms with Crippen LogP contribution in [0.5, 0.6) is 0 Å². The molecule has 4 aliphatic rings. The lowest BCUT2D eigenvalue weighted by molar-refractivity contribution is -0.149. The van der Waals surface area contributed by atoms with Crippen molar-refractivity contribution >= 4 is 5.97 Å². The minimum absolute atomic E-state index is 0.184. The van der Waals surface area contributed by atoms with Crippen molar-refractivity contribution in [1.82, 2.24) is 4.90 Å². The first kappa shape index (κ1) is 10.8. The molecule has 0 amide bonds. The average molecular weight is 247 g/mol. The first-order valence-corrected chi connectivity index (χ1v) is 6.65. The number of piperidine rings is 1. The molecule has 0 aromatic rings. The third kappa shape index (κ3) is 1.20. The van der Waals surface area contributed by atoms with Crippen LogP contribution in [-0.4, -0.2) is 48.3 Å². The van der Waals surface area contributed by atoms with Crippen molar-refractivity contribution in [1.29, 1.82) is 0 Å². The van der Waals surface area contributed by atoms with Crippen molar-refractivity contribution in [2.24, 2.45) is 0 Å². The molecule has 4 atom stereocenters. The second-order valence-corrected chi connectivity index (χ2v) is 5.68. The summed E-state index contributed by atoms with van der Waals surface area (Å²) < 4.78 is 11.2. The molecule has 0 saturated carbocycles. The van der Waals surface area contributed by atoms with Crippen molar-refractivity contribution in [2.45, 2.75) is 43.1 Å². The van der Waals surface area contributed by atoms with Gasteiger partial charge < -0.3 is 9.47 Å². The van der Waals surface area contributed by atoms with E-state index in [4.69, 9.17) is 9.47 Å². The summed E-state index contributed by atoms with van der Waals surface area (Å²) in [5.41, 5.74) is 0.682. The van der Waals surface area contributed by atoms with Gasteiger partial charge in [0.2, 0.25) is 0 Å². The summed E-state index contributed by atoms with van der Waals surface area (Å²) in [7, 11) is 1.77. The van der Waals surface area contributed by atoms with Gasteiger partial charge in [0.15, 0.2) is 5.60 Å². The van der Waals surface area contributed by atoms with Crippen molar-refractivity contribution < 1.29 is 14.3 Å². The van der Waals surface area contributed by atoms with Crippen LogP contribution in [0.3, 0.4) is 0 Å². The molecule has 0 N–H and O–H groups in total. The van der Waals surface area contributed by atoms with Gasteiger partial charge in [-0.05, 0) is 12.8 Å². The predicted molar refractivity (Wildman–Crippen MR) is 65.0 cm³/mol. The summed E-state index contributed by atoms with van der Waals surface area (Å²) in [6.45, 7) is 1.03. The lowest BCUT2D eigenvalue weighted by Crippen LogP contribution is -2.51. The lowest BCUT2D eigenvalue weighted by atomic mass is 9.80. The Labute approximate surface area is 106 Å². The van der Waals surface area contributed by atoms with Crippen LogP contribution in [0.2, 0.25) is 0 Å². The Balaban J connectivity index is 1.75. The second-order valence-electron chi connectivity index (χ2n) is 5.68. The molecule has 96 valence electrons. The van der Waals surface area contributed by atoms with E-state index in [0.717, 1.165) is 31.4 Å². The van der Waals surface area contributed by atoms with E-state index >= 15 is 0 Å². The topological polar surface area (TPSA) is 38.8 Å². The maximum Gasteiger partial charge on any atom is 0.332 e. The Morgan fingerprint density at radius 2 is 2.44 bits per heavy atom. The zero-order chi connectivity index (χ0) is 12.3. The lowest BCUT2D eigenvalue weighted by Gasteiger charge is -2.40. The number of esters is 1. The Morgan fingerprint density at radius 1 is 1.56 bits per heavy atom. The number of hydrogen-bond acceptors (Lipinski definition) is 4. The van der Waals surface area contributed by atoms with Crippen LogP contribution in [0, 0.1) is 0 Å². The van der Waals surface area contributed by atoms with Gasteiger partial charge in [-0.25, -0.2) is 4.79 Å². The SMILES string of the molecule is CO[C@H]1CCN2[C@@H]3C=CC4=CC(=O)O[C@]4(C3)[C@@H]2C1. The second kappa shape index (κ2) is 3.45. The highest BCUT2D eigenvalue weighted by atomic mass is 16.6. The molecule has 0 aromatic heterocycles. The molecule has 4 heteroatoms. The third-order valence-corrected chi connectivity index (χ3v) is 4.95. The average Bonchev–Trinajstić information content (AvgIpc) is 2.85.